The van der Waals surface area contributed by atoms with Gasteiger partial charge in [0, 0.05) is 29.8 Å². The van der Waals surface area contributed by atoms with E-state index in [1.807, 2.05) is 38.1 Å². The minimum absolute atomic E-state index is 0.00813. The van der Waals surface area contributed by atoms with E-state index < -0.39 is 11.2 Å². The Hall–Kier alpha value is -1.36. The summed E-state index contributed by atoms with van der Waals surface area (Å²) in [6.45, 7) is 4.42. The van der Waals surface area contributed by atoms with Gasteiger partial charge in [-0.05, 0) is 38.0 Å². The zero-order valence-corrected chi connectivity index (χ0v) is 13.6. The fourth-order valence-electron chi connectivity index (χ4n) is 3.20. The molecular weight excluding hydrogens is 300 g/mol. The van der Waals surface area contributed by atoms with Crippen LogP contribution in [0.15, 0.2) is 36.7 Å². The minimum Gasteiger partial charge on any atom is -0.386 e. The van der Waals surface area contributed by atoms with Gasteiger partial charge < -0.3 is 14.8 Å². The number of rotatable bonds is 4. The van der Waals surface area contributed by atoms with Gasteiger partial charge in [-0.25, -0.2) is 4.98 Å². The highest BCUT2D eigenvalue weighted by Crippen LogP contribution is 2.43. The molecule has 2 heterocycles. The van der Waals surface area contributed by atoms with Gasteiger partial charge in [0.25, 0.3) is 0 Å². The van der Waals surface area contributed by atoms with Crippen molar-refractivity contribution >= 4 is 11.6 Å². The highest BCUT2D eigenvalue weighted by atomic mass is 35.5. The zero-order chi connectivity index (χ0) is 15.8. The summed E-state index contributed by atoms with van der Waals surface area (Å²) in [5, 5.41) is 12.1. The Balaban J connectivity index is 1.84. The maximum absolute atomic E-state index is 11.4. The van der Waals surface area contributed by atoms with Gasteiger partial charge in [-0.15, -0.1) is 0 Å². The van der Waals surface area contributed by atoms with E-state index in [4.69, 9.17) is 16.3 Å². The average Bonchev–Trinajstić information content (AvgIpc) is 3.04. The van der Waals surface area contributed by atoms with Crippen LogP contribution in [0.1, 0.15) is 25.2 Å². The van der Waals surface area contributed by atoms with Crippen LogP contribution in [0, 0.1) is 5.92 Å². The molecule has 1 aliphatic rings. The van der Waals surface area contributed by atoms with E-state index in [9.17, 15) is 5.11 Å². The molecule has 2 atom stereocenters. The quantitative estimate of drug-likeness (QED) is 0.910. The van der Waals surface area contributed by atoms with Crippen LogP contribution in [-0.4, -0.2) is 32.9 Å². The standard InChI is InChI=1S/C17H21ClN2O2/c1-16(2)17(21,10-15-19-7-8-20-15)13(11-22-16)9-12-3-5-14(18)6-4-12/h3-8,13,21H,9-11H2,1-2H3,(H,19,20). The Kier molecular flexibility index (Phi) is 4.02. The highest BCUT2D eigenvalue weighted by molar-refractivity contribution is 6.30. The molecule has 0 radical (unpaired) electrons. The Labute approximate surface area is 135 Å². The third-order valence-corrected chi connectivity index (χ3v) is 5.00. The Morgan fingerprint density at radius 3 is 2.73 bits per heavy atom. The number of nitrogens with one attached hydrogen (secondary N) is 1. The smallest absolute Gasteiger partial charge is 0.109 e. The van der Waals surface area contributed by atoms with E-state index in [1.54, 1.807) is 12.4 Å². The SMILES string of the molecule is CC1(C)OCC(Cc2ccc(Cl)cc2)C1(O)Cc1ncc[nH]1. The summed E-state index contributed by atoms with van der Waals surface area (Å²) in [6.07, 6.45) is 4.68. The van der Waals surface area contributed by atoms with E-state index in [1.165, 1.54) is 0 Å². The topological polar surface area (TPSA) is 58.1 Å². The second-order valence-corrected chi connectivity index (χ2v) is 6.92. The molecule has 2 N–H and O–H groups in total. The number of hydrogen-bond donors (Lipinski definition) is 2. The third-order valence-electron chi connectivity index (χ3n) is 4.75. The molecule has 118 valence electrons. The third kappa shape index (κ3) is 2.78. The first-order chi connectivity index (χ1) is 10.4. The number of ether oxygens (including phenoxy) is 1. The summed E-state index contributed by atoms with van der Waals surface area (Å²) in [4.78, 5) is 7.33. The minimum atomic E-state index is -0.968. The Bertz CT molecular complexity index is 625. The van der Waals surface area contributed by atoms with Crippen LogP contribution in [-0.2, 0) is 17.6 Å². The maximum Gasteiger partial charge on any atom is 0.109 e. The van der Waals surface area contributed by atoms with Gasteiger partial charge in [-0.1, -0.05) is 23.7 Å². The molecule has 0 bridgehead atoms. The molecule has 1 aliphatic heterocycles. The molecule has 2 aromatic rings. The summed E-state index contributed by atoms with van der Waals surface area (Å²) in [5.74, 6) is 0.788. The normalized spacial score (nSPS) is 27.2. The van der Waals surface area contributed by atoms with Crippen molar-refractivity contribution < 1.29 is 9.84 Å². The van der Waals surface area contributed by atoms with Gasteiger partial charge in [0.15, 0.2) is 0 Å². The van der Waals surface area contributed by atoms with Crippen molar-refractivity contribution in [3.8, 4) is 0 Å². The van der Waals surface area contributed by atoms with Gasteiger partial charge >= 0.3 is 0 Å². The number of benzene rings is 1. The van der Waals surface area contributed by atoms with E-state index in [-0.39, 0.29) is 5.92 Å². The molecule has 0 aliphatic carbocycles. The van der Waals surface area contributed by atoms with Crippen molar-refractivity contribution in [2.75, 3.05) is 6.61 Å². The van der Waals surface area contributed by atoms with Crippen LogP contribution >= 0.6 is 11.6 Å². The predicted molar refractivity (Wildman–Crippen MR) is 85.9 cm³/mol. The Morgan fingerprint density at radius 1 is 1.36 bits per heavy atom. The summed E-state index contributed by atoms with van der Waals surface area (Å²) in [7, 11) is 0. The summed E-state index contributed by atoms with van der Waals surface area (Å²) in [6, 6.07) is 7.76. The van der Waals surface area contributed by atoms with Crippen molar-refractivity contribution in [2.45, 2.75) is 37.9 Å². The van der Waals surface area contributed by atoms with Crippen LogP contribution in [0.25, 0.3) is 0 Å². The van der Waals surface area contributed by atoms with Crippen molar-refractivity contribution in [2.24, 2.45) is 5.92 Å². The van der Waals surface area contributed by atoms with E-state index in [0.717, 1.165) is 22.8 Å². The number of aromatic amines is 1. The first kappa shape index (κ1) is 15.5. The number of imidazole rings is 1. The monoisotopic (exact) mass is 320 g/mol. The number of halogens is 1. The number of aliphatic hydroxyl groups is 1. The van der Waals surface area contributed by atoms with Crippen LogP contribution < -0.4 is 0 Å². The summed E-state index contributed by atoms with van der Waals surface area (Å²) >= 11 is 5.94. The average molecular weight is 321 g/mol. The summed E-state index contributed by atoms with van der Waals surface area (Å²) < 4.78 is 5.90. The first-order valence-electron chi connectivity index (χ1n) is 7.50. The van der Waals surface area contributed by atoms with E-state index in [0.29, 0.717) is 13.0 Å². The lowest BCUT2D eigenvalue weighted by Crippen LogP contribution is -2.52. The number of aromatic nitrogens is 2. The fraction of sp³-hybridized carbons (Fsp3) is 0.471. The first-order valence-corrected chi connectivity index (χ1v) is 7.87. The summed E-state index contributed by atoms with van der Waals surface area (Å²) in [5.41, 5.74) is -0.435. The molecule has 0 saturated carbocycles. The number of H-pyrrole nitrogens is 1. The van der Waals surface area contributed by atoms with E-state index >= 15 is 0 Å². The second kappa shape index (κ2) is 5.69. The lowest BCUT2D eigenvalue weighted by Gasteiger charge is -2.38. The van der Waals surface area contributed by atoms with Gasteiger partial charge in [-0.2, -0.15) is 0 Å². The zero-order valence-electron chi connectivity index (χ0n) is 12.8. The van der Waals surface area contributed by atoms with Gasteiger partial charge in [0.2, 0.25) is 0 Å². The van der Waals surface area contributed by atoms with Crippen molar-refractivity contribution in [3.05, 3.63) is 53.1 Å². The highest BCUT2D eigenvalue weighted by Gasteiger charge is 2.55. The molecule has 4 nitrogen and oxygen atoms in total. The van der Waals surface area contributed by atoms with Crippen LogP contribution in [0.2, 0.25) is 5.02 Å². The van der Waals surface area contributed by atoms with Gasteiger partial charge in [0.1, 0.15) is 11.4 Å². The molecule has 1 aromatic carbocycles. The molecule has 1 aromatic heterocycles. The van der Waals surface area contributed by atoms with Crippen molar-refractivity contribution in [1.82, 2.24) is 9.97 Å². The maximum atomic E-state index is 11.4. The molecule has 0 amide bonds. The number of nitrogens with zero attached hydrogens (tertiary/aromatic N) is 1. The van der Waals surface area contributed by atoms with Crippen molar-refractivity contribution in [3.63, 3.8) is 0 Å². The van der Waals surface area contributed by atoms with Gasteiger partial charge in [-0.3, -0.25) is 0 Å². The molecule has 1 saturated heterocycles. The molecule has 22 heavy (non-hydrogen) atoms. The van der Waals surface area contributed by atoms with Gasteiger partial charge in [0.05, 0.1) is 12.2 Å². The fourth-order valence-corrected chi connectivity index (χ4v) is 3.33. The molecule has 1 fully saturated rings. The number of hydrogen-bond acceptors (Lipinski definition) is 3. The van der Waals surface area contributed by atoms with Crippen molar-refractivity contribution in [1.29, 1.82) is 0 Å². The molecular formula is C17H21ClN2O2. The molecule has 2 unspecified atom stereocenters. The Morgan fingerprint density at radius 2 is 2.09 bits per heavy atom. The predicted octanol–water partition coefficient (Wildman–Crippen LogP) is 3.00. The molecule has 3 rings (SSSR count). The molecule has 0 spiro atoms. The molecule has 5 heteroatoms. The van der Waals surface area contributed by atoms with Crippen LogP contribution in [0.5, 0.6) is 0 Å². The lowest BCUT2D eigenvalue weighted by molar-refractivity contribution is -0.108. The van der Waals surface area contributed by atoms with Crippen LogP contribution in [0.4, 0.5) is 0 Å². The second-order valence-electron chi connectivity index (χ2n) is 6.49. The lowest BCUT2D eigenvalue weighted by atomic mass is 9.73. The van der Waals surface area contributed by atoms with Crippen LogP contribution in [0.3, 0.4) is 0 Å². The van der Waals surface area contributed by atoms with E-state index in [2.05, 4.69) is 9.97 Å². The largest absolute Gasteiger partial charge is 0.386 e.